The average Bonchev–Trinajstić information content (AvgIpc) is 1.21. The molecule has 0 bridgehead atoms. The van der Waals surface area contributed by atoms with Gasteiger partial charge in [0, 0.05) is 21.5 Å². The minimum Gasteiger partial charge on any atom is -0.456 e. The first-order valence-corrected chi connectivity index (χ1v) is 25.1. The Kier molecular flexibility index (Phi) is 5.88. The molecule has 0 amide bonds. The van der Waals surface area contributed by atoms with Gasteiger partial charge in [-0.3, -0.25) is 0 Å². The monoisotopic (exact) mass is 1050 g/mol. The van der Waals surface area contributed by atoms with Gasteiger partial charge in [0.15, 0.2) is 0 Å². The summed E-state index contributed by atoms with van der Waals surface area (Å²) in [6, 6.07) is 17.4. The van der Waals surface area contributed by atoms with Crippen molar-refractivity contribution in [2.24, 2.45) is 0 Å². The Morgan fingerprint density at radius 1 is 0.212 bits per heavy atom. The molecule has 0 atom stereocenters. The van der Waals surface area contributed by atoms with Gasteiger partial charge in [0.2, 0.25) is 0 Å². The third-order valence-electron chi connectivity index (χ3n) is 14.4. The molecule has 80 heavy (non-hydrogen) atoms. The lowest BCUT2D eigenvalue weighted by Crippen LogP contribution is -1.90. The van der Waals surface area contributed by atoms with Crippen LogP contribution in [0.4, 0.5) is 0 Å². The summed E-state index contributed by atoms with van der Waals surface area (Å²) in [4.78, 5) is 0. The fraction of sp³-hybridized carbons (Fsp3) is 0. The normalized spacial score (nSPS) is 16.8. The number of fused-ring (bicyclic) bond motifs is 12. The molecule has 2 heteroatoms. The van der Waals surface area contributed by atoms with Gasteiger partial charge in [-0.15, -0.1) is 0 Å². The van der Waals surface area contributed by atoms with E-state index in [1.807, 2.05) is 54.6 Å². The smallest absolute Gasteiger partial charge is 0.136 e. The fourth-order valence-corrected chi connectivity index (χ4v) is 10.8. The van der Waals surface area contributed by atoms with Crippen LogP contribution in [0.1, 0.15) is 39.8 Å². The van der Waals surface area contributed by atoms with E-state index < -0.39 is 189 Å². The van der Waals surface area contributed by atoms with E-state index in [1.165, 1.54) is 0 Å². The summed E-state index contributed by atoms with van der Waals surface area (Å²) < 4.78 is 266. The lowest BCUT2D eigenvalue weighted by Gasteiger charge is -2.18. The summed E-state index contributed by atoms with van der Waals surface area (Å²) in [6.45, 7) is 0. The van der Waals surface area contributed by atoms with Gasteiger partial charge >= 0.3 is 0 Å². The van der Waals surface area contributed by atoms with Crippen LogP contribution in [0.2, 0.25) is 0 Å². The van der Waals surface area contributed by atoms with Crippen molar-refractivity contribution in [2.45, 2.75) is 0 Å². The van der Waals surface area contributed by atoms with Crippen molar-refractivity contribution in [1.82, 2.24) is 0 Å². The predicted octanol–water partition coefficient (Wildman–Crippen LogP) is 22.4. The van der Waals surface area contributed by atoms with Gasteiger partial charge in [0.1, 0.15) is 22.3 Å². The van der Waals surface area contributed by atoms with Gasteiger partial charge in [0.25, 0.3) is 0 Å². The first kappa shape index (κ1) is 25.3. The van der Waals surface area contributed by atoms with Gasteiger partial charge in [-0.05, 0) is 169 Å². The largest absolute Gasteiger partial charge is 0.456 e. The Bertz CT molecular complexity index is 6880. The van der Waals surface area contributed by atoms with Crippen LogP contribution >= 0.6 is 0 Å². The highest BCUT2D eigenvalue weighted by atomic mass is 16.3. The highest BCUT2D eigenvalue weighted by molar-refractivity contribution is 6.23. The minimum atomic E-state index is -0.843. The van der Waals surface area contributed by atoms with Gasteiger partial charge in [-0.25, -0.2) is 0 Å². The molecule has 0 N–H and O–H groups in total. The molecule has 0 saturated heterocycles. The van der Waals surface area contributed by atoms with Gasteiger partial charge in [-0.2, -0.15) is 0 Å². The first-order valence-electron chi connectivity index (χ1n) is 39.6. The lowest BCUT2D eigenvalue weighted by atomic mass is 9.86. The third-order valence-corrected chi connectivity index (χ3v) is 14.4. The van der Waals surface area contributed by atoms with Crippen LogP contribution in [0.25, 0.3) is 164 Å². The third kappa shape index (κ3) is 7.49. The molecule has 0 unspecified atom stereocenters. The average molecular weight is 1050 g/mol. The molecule has 2 nitrogen and oxygen atoms in total. The Hall–Kier alpha value is -10.5. The second kappa shape index (κ2) is 18.6. The SMILES string of the molecule is [2H]c1c([2H])c([2H])c(-c2c3c([2H])c([2H])c([2H])c([2H])c3c(-c3cc4oc5c([2H])c6c([2H])c([2H])c([2H])c([2H])c6c([2H])c5c4c([2H])c3[2H])c3c([2H])c([2H])c([2H])c([2H])c23)c([2H])c1[2H].[2H]c1c([2H])c([2H])c2c(-c3ccc(-c4ccc5c(c4)oc4cc6ccccc6cc45)cc3)c3c([2H])c([2H])c([2H])c([2H])c3c(-c3ccccc3)c2c1[2H]. The Morgan fingerprint density at radius 3 is 1.24 bits per heavy atom. The van der Waals surface area contributed by atoms with E-state index in [9.17, 15) is 2.74 Å². The number of rotatable bonds is 5. The zero-order valence-electron chi connectivity index (χ0n) is 70.3. The van der Waals surface area contributed by atoms with Crippen molar-refractivity contribution >= 4 is 109 Å². The highest BCUT2D eigenvalue weighted by Crippen LogP contribution is 2.47. The van der Waals surface area contributed by atoms with E-state index in [1.54, 1.807) is 24.3 Å². The van der Waals surface area contributed by atoms with Crippen molar-refractivity contribution in [3.63, 3.8) is 0 Å². The van der Waals surface area contributed by atoms with E-state index in [2.05, 4.69) is 30.3 Å². The van der Waals surface area contributed by atoms with Crippen LogP contribution in [-0.2, 0) is 0 Å². The molecule has 2 aromatic heterocycles. The molecule has 0 aliphatic carbocycles. The van der Waals surface area contributed by atoms with Crippen molar-refractivity contribution in [2.75, 3.05) is 0 Å². The summed E-state index contributed by atoms with van der Waals surface area (Å²) in [5.74, 6) is 0. The van der Waals surface area contributed by atoms with Crippen molar-refractivity contribution < 1.29 is 48.6 Å². The van der Waals surface area contributed by atoms with E-state index in [4.69, 9.17) is 45.8 Å². The van der Waals surface area contributed by atoms with Crippen LogP contribution in [0.5, 0.6) is 0 Å². The summed E-state index contributed by atoms with van der Waals surface area (Å²) >= 11 is 0. The molecule has 2 heterocycles. The minimum absolute atomic E-state index is 0.196. The second-order valence-corrected chi connectivity index (χ2v) is 18.8. The maximum Gasteiger partial charge on any atom is 0.136 e. The van der Waals surface area contributed by atoms with Gasteiger partial charge in [0.05, 0.1) is 39.8 Å². The van der Waals surface area contributed by atoms with Crippen LogP contribution in [0.15, 0.2) is 299 Å². The molecule has 0 aliphatic rings. The summed E-state index contributed by atoms with van der Waals surface area (Å²) in [6.07, 6.45) is 0. The Balaban J connectivity index is 0.000000167. The van der Waals surface area contributed by atoms with Crippen molar-refractivity contribution in [3.8, 4) is 55.6 Å². The van der Waals surface area contributed by atoms with Crippen LogP contribution < -0.4 is 0 Å². The standard InChI is InChI=1S/C42H26O.C36H22O/c1-2-10-28(11-3-1)41-34-14-6-8-16-36(34)42(37-17-9-7-15-35(37)41)29-20-18-27(19-21-29)32-22-23-33-38-24-30-12-4-5-13-31(30)25-40(38)43-39(33)26-32;1-2-10-23(11-3-1)35-28-14-6-8-16-30(28)36(31-17-9-7-15-29(31)35)26-18-19-27-32-20-24-12-4-5-13-25(24)21-34(32)37-33(27)22-26/h1-26H;1-22H/i6D,7D,8D,9D,14D,15D,16D,17D;1D,2D,3D,4D,5D,6D,7D,8D,9D,10D,11D,12D,13D,14D,15D,16D,17D,18D,19D,20D,21D. The predicted molar refractivity (Wildman–Crippen MR) is 340 cm³/mol. The van der Waals surface area contributed by atoms with E-state index in [0.717, 1.165) is 49.9 Å². The maximum atomic E-state index is 9.34. The van der Waals surface area contributed by atoms with Crippen LogP contribution in [0.3, 0.4) is 0 Å². The lowest BCUT2D eigenvalue weighted by molar-refractivity contribution is 0.669. The molecule has 17 rings (SSSR count). The molecule has 0 radical (unpaired) electrons. The second-order valence-electron chi connectivity index (χ2n) is 18.8. The van der Waals surface area contributed by atoms with E-state index in [-0.39, 0.29) is 84.0 Å². The molecule has 0 spiro atoms. The van der Waals surface area contributed by atoms with E-state index >= 15 is 0 Å². The molecule has 0 saturated carbocycles. The molecule has 0 fully saturated rings. The fourth-order valence-electron chi connectivity index (χ4n) is 10.8. The summed E-state index contributed by atoms with van der Waals surface area (Å²) in [5, 5.41) is 1.90. The molecule has 15 aromatic carbocycles. The zero-order chi connectivity index (χ0) is 77.9. The molecule has 372 valence electrons. The first-order chi connectivity index (χ1) is 51.7. The van der Waals surface area contributed by atoms with Gasteiger partial charge in [-0.1, -0.05) is 242 Å². The number of hydrogen-bond donors (Lipinski definition) is 0. The molecular weight excluding hydrogens is 969 g/mol. The quantitative estimate of drug-likeness (QED) is 0.161. The van der Waals surface area contributed by atoms with Crippen LogP contribution in [-0.4, -0.2) is 0 Å². The van der Waals surface area contributed by atoms with E-state index in [0.29, 0.717) is 22.3 Å². The van der Waals surface area contributed by atoms with Gasteiger partial charge < -0.3 is 8.83 Å². The zero-order valence-corrected chi connectivity index (χ0v) is 41.3. The summed E-state index contributed by atoms with van der Waals surface area (Å²) in [7, 11) is 0. The Labute approximate surface area is 502 Å². The molecular formula is C78H48O2. The number of furan rings is 2. The molecule has 17 aromatic rings. The maximum absolute atomic E-state index is 9.34. The number of hydrogen-bond acceptors (Lipinski definition) is 2. The highest BCUT2D eigenvalue weighted by Gasteiger charge is 2.20. The number of benzene rings is 15. The Morgan fingerprint density at radius 2 is 0.637 bits per heavy atom. The van der Waals surface area contributed by atoms with Crippen molar-refractivity contribution in [1.29, 1.82) is 0 Å². The molecule has 0 aliphatic heterocycles. The van der Waals surface area contributed by atoms with Crippen LogP contribution in [0, 0.1) is 0 Å². The topological polar surface area (TPSA) is 26.3 Å². The summed E-state index contributed by atoms with van der Waals surface area (Å²) in [5.41, 5.74) is 2.50. The van der Waals surface area contributed by atoms with Crippen molar-refractivity contribution in [3.05, 3.63) is 290 Å².